The minimum absolute atomic E-state index is 0.217. The molecule has 1 rings (SSSR count). The van der Waals surface area contributed by atoms with Crippen LogP contribution in [0.3, 0.4) is 0 Å². The molecule has 0 aliphatic carbocycles. The van der Waals surface area contributed by atoms with Crippen molar-refractivity contribution in [2.45, 2.75) is 6.92 Å². The number of ether oxygens (including phenoxy) is 2. The van der Waals surface area contributed by atoms with Crippen molar-refractivity contribution in [3.8, 4) is 11.5 Å². The topological polar surface area (TPSA) is 59.9 Å². The molecule has 0 atom stereocenters. The highest BCUT2D eigenvalue weighted by Crippen LogP contribution is 2.21. The van der Waals surface area contributed by atoms with Gasteiger partial charge in [0.1, 0.15) is 11.5 Å². The Kier molecular flexibility index (Phi) is 4.32. The molecule has 0 aromatic heterocycles. The zero-order valence-corrected chi connectivity index (χ0v) is 9.48. The number of methoxy groups -OCH3 is 2. The maximum absolute atomic E-state index is 10.6. The Morgan fingerprint density at radius 3 is 2.25 bits per heavy atom. The lowest BCUT2D eigenvalue weighted by atomic mass is 10.2. The number of hydrogen-bond donors (Lipinski definition) is 1. The van der Waals surface area contributed by atoms with Gasteiger partial charge in [-0.1, -0.05) is 0 Å². The van der Waals surface area contributed by atoms with E-state index in [1.807, 2.05) is 0 Å². The molecule has 0 unspecified atom stereocenters. The minimum atomic E-state index is -0.217. The molecule has 86 valence electrons. The Labute approximate surface area is 94.1 Å². The highest BCUT2D eigenvalue weighted by molar-refractivity contribution is 5.82. The largest absolute Gasteiger partial charge is 0.497 e. The van der Waals surface area contributed by atoms with Gasteiger partial charge in [0, 0.05) is 18.6 Å². The molecule has 0 aliphatic heterocycles. The van der Waals surface area contributed by atoms with Crippen molar-refractivity contribution in [3.63, 3.8) is 0 Å². The van der Waals surface area contributed by atoms with E-state index in [2.05, 4.69) is 10.5 Å². The van der Waals surface area contributed by atoms with E-state index in [-0.39, 0.29) is 5.91 Å². The highest BCUT2D eigenvalue weighted by atomic mass is 16.5. The number of hydrogen-bond acceptors (Lipinski definition) is 4. The van der Waals surface area contributed by atoms with E-state index in [1.54, 1.807) is 32.4 Å². The van der Waals surface area contributed by atoms with Gasteiger partial charge in [-0.3, -0.25) is 4.79 Å². The van der Waals surface area contributed by atoms with Gasteiger partial charge in [-0.25, -0.2) is 5.43 Å². The van der Waals surface area contributed by atoms with Crippen molar-refractivity contribution >= 4 is 12.1 Å². The van der Waals surface area contributed by atoms with E-state index in [9.17, 15) is 4.79 Å². The summed E-state index contributed by atoms with van der Waals surface area (Å²) in [5.41, 5.74) is 3.10. The second-order valence-electron chi connectivity index (χ2n) is 3.07. The van der Waals surface area contributed by atoms with Gasteiger partial charge in [0.2, 0.25) is 5.91 Å². The molecular weight excluding hydrogens is 208 g/mol. The molecule has 0 bridgehead atoms. The summed E-state index contributed by atoms with van der Waals surface area (Å²) < 4.78 is 10.2. The summed E-state index contributed by atoms with van der Waals surface area (Å²) in [6.07, 6.45) is 1.52. The Balaban J connectivity index is 2.86. The molecule has 0 saturated heterocycles. The number of carbonyl (C=O) groups excluding carboxylic acids is 1. The summed E-state index contributed by atoms with van der Waals surface area (Å²) >= 11 is 0. The molecule has 0 spiro atoms. The number of carbonyl (C=O) groups is 1. The van der Waals surface area contributed by atoms with Crippen LogP contribution < -0.4 is 14.9 Å². The molecule has 0 aliphatic rings. The molecule has 0 saturated carbocycles. The van der Waals surface area contributed by atoms with Gasteiger partial charge in [0.05, 0.1) is 20.4 Å². The standard InChI is InChI=1S/C11H14N2O3/c1-8(14)13-12-7-9-4-10(15-2)6-11(5-9)16-3/h4-7H,1-3H3,(H,13,14)/b12-7-. The lowest BCUT2D eigenvalue weighted by Gasteiger charge is -2.05. The molecule has 16 heavy (non-hydrogen) atoms. The van der Waals surface area contributed by atoms with Crippen LogP contribution in [0.1, 0.15) is 12.5 Å². The number of amides is 1. The molecule has 0 fully saturated rings. The number of nitrogens with one attached hydrogen (secondary N) is 1. The second-order valence-corrected chi connectivity index (χ2v) is 3.07. The smallest absolute Gasteiger partial charge is 0.236 e. The highest BCUT2D eigenvalue weighted by Gasteiger charge is 1.99. The minimum Gasteiger partial charge on any atom is -0.497 e. The molecule has 5 heteroatoms. The maximum Gasteiger partial charge on any atom is 0.236 e. The van der Waals surface area contributed by atoms with Crippen molar-refractivity contribution in [2.75, 3.05) is 14.2 Å². The molecule has 0 heterocycles. The second kappa shape index (κ2) is 5.75. The van der Waals surface area contributed by atoms with Crippen LogP contribution in [-0.4, -0.2) is 26.3 Å². The molecular formula is C11H14N2O3. The van der Waals surface area contributed by atoms with Crippen molar-refractivity contribution in [1.82, 2.24) is 5.43 Å². The van der Waals surface area contributed by atoms with Crippen LogP contribution >= 0.6 is 0 Å². The normalized spacial score (nSPS) is 10.2. The number of hydrazone groups is 1. The lowest BCUT2D eigenvalue weighted by Crippen LogP contribution is -2.12. The van der Waals surface area contributed by atoms with Crippen LogP contribution in [0.2, 0.25) is 0 Å². The summed E-state index contributed by atoms with van der Waals surface area (Å²) in [5, 5.41) is 3.76. The molecule has 1 amide bonds. The fourth-order valence-corrected chi connectivity index (χ4v) is 1.10. The van der Waals surface area contributed by atoms with Crippen LogP contribution in [0.4, 0.5) is 0 Å². The van der Waals surface area contributed by atoms with Gasteiger partial charge in [-0.15, -0.1) is 0 Å². The Morgan fingerprint density at radius 1 is 1.25 bits per heavy atom. The molecule has 1 aromatic carbocycles. The van der Waals surface area contributed by atoms with Crippen LogP contribution in [0.15, 0.2) is 23.3 Å². The zero-order chi connectivity index (χ0) is 12.0. The van der Waals surface area contributed by atoms with E-state index in [1.165, 1.54) is 13.1 Å². The van der Waals surface area contributed by atoms with Gasteiger partial charge in [-0.2, -0.15) is 5.10 Å². The molecule has 1 aromatic rings. The number of benzene rings is 1. The first-order valence-corrected chi connectivity index (χ1v) is 4.68. The average molecular weight is 222 g/mol. The fourth-order valence-electron chi connectivity index (χ4n) is 1.10. The van der Waals surface area contributed by atoms with Gasteiger partial charge in [0.15, 0.2) is 0 Å². The summed E-state index contributed by atoms with van der Waals surface area (Å²) in [6.45, 7) is 1.39. The Bertz CT molecular complexity index is 380. The Hall–Kier alpha value is -2.04. The third-order valence-corrected chi connectivity index (χ3v) is 1.81. The predicted molar refractivity (Wildman–Crippen MR) is 61.0 cm³/mol. The average Bonchev–Trinajstić information content (AvgIpc) is 2.28. The van der Waals surface area contributed by atoms with E-state index < -0.39 is 0 Å². The number of nitrogens with zero attached hydrogens (tertiary/aromatic N) is 1. The first-order valence-electron chi connectivity index (χ1n) is 4.68. The van der Waals surface area contributed by atoms with Crippen LogP contribution in [-0.2, 0) is 4.79 Å². The maximum atomic E-state index is 10.6. The van der Waals surface area contributed by atoms with Gasteiger partial charge in [-0.05, 0) is 12.1 Å². The van der Waals surface area contributed by atoms with E-state index in [0.29, 0.717) is 11.5 Å². The van der Waals surface area contributed by atoms with Crippen LogP contribution in [0, 0.1) is 0 Å². The van der Waals surface area contributed by atoms with E-state index in [4.69, 9.17) is 9.47 Å². The molecule has 0 radical (unpaired) electrons. The lowest BCUT2D eigenvalue weighted by molar-refractivity contribution is -0.118. The summed E-state index contributed by atoms with van der Waals surface area (Å²) in [4.78, 5) is 10.6. The van der Waals surface area contributed by atoms with E-state index >= 15 is 0 Å². The first-order chi connectivity index (χ1) is 7.65. The third-order valence-electron chi connectivity index (χ3n) is 1.81. The van der Waals surface area contributed by atoms with Crippen molar-refractivity contribution < 1.29 is 14.3 Å². The fraction of sp³-hybridized carbons (Fsp3) is 0.273. The van der Waals surface area contributed by atoms with Gasteiger partial charge in [0.25, 0.3) is 0 Å². The van der Waals surface area contributed by atoms with Crippen LogP contribution in [0.5, 0.6) is 11.5 Å². The quantitative estimate of drug-likeness (QED) is 0.614. The third kappa shape index (κ3) is 3.61. The summed E-state index contributed by atoms with van der Waals surface area (Å²) in [6, 6.07) is 5.33. The SMILES string of the molecule is COc1cc(/C=N\NC(C)=O)cc(OC)c1. The summed E-state index contributed by atoms with van der Waals surface area (Å²) in [7, 11) is 3.15. The molecule has 1 N–H and O–H groups in total. The van der Waals surface area contributed by atoms with Crippen molar-refractivity contribution in [1.29, 1.82) is 0 Å². The number of rotatable bonds is 4. The first kappa shape index (κ1) is 12.0. The zero-order valence-electron chi connectivity index (χ0n) is 9.48. The van der Waals surface area contributed by atoms with Crippen LogP contribution in [0.25, 0.3) is 0 Å². The van der Waals surface area contributed by atoms with Crippen molar-refractivity contribution in [3.05, 3.63) is 23.8 Å². The Morgan fingerprint density at radius 2 is 1.81 bits per heavy atom. The van der Waals surface area contributed by atoms with Gasteiger partial charge >= 0.3 is 0 Å². The monoisotopic (exact) mass is 222 g/mol. The summed E-state index contributed by atoms with van der Waals surface area (Å²) in [5.74, 6) is 1.12. The van der Waals surface area contributed by atoms with Gasteiger partial charge < -0.3 is 9.47 Å². The van der Waals surface area contributed by atoms with E-state index in [0.717, 1.165) is 5.56 Å². The molecule has 5 nitrogen and oxygen atoms in total. The predicted octanol–water partition coefficient (Wildman–Crippen LogP) is 1.17. The van der Waals surface area contributed by atoms with Crippen molar-refractivity contribution in [2.24, 2.45) is 5.10 Å².